The number of benzene rings is 1. The van der Waals surface area contributed by atoms with Crippen molar-refractivity contribution in [2.75, 3.05) is 6.35 Å². The maximum atomic E-state index is 12.4. The Morgan fingerprint density at radius 1 is 1.35 bits per heavy atom. The lowest BCUT2D eigenvalue weighted by Gasteiger charge is -2.20. The van der Waals surface area contributed by atoms with E-state index in [4.69, 9.17) is 5.11 Å². The number of aryl methyl sites for hydroxylation is 2. The summed E-state index contributed by atoms with van der Waals surface area (Å²) >= 11 is 0. The van der Waals surface area contributed by atoms with E-state index in [0.29, 0.717) is 12.1 Å². The highest BCUT2D eigenvalue weighted by atomic mass is 31.2. The van der Waals surface area contributed by atoms with Gasteiger partial charge in [0.1, 0.15) is 6.35 Å². The van der Waals surface area contributed by atoms with Crippen LogP contribution in [0.15, 0.2) is 29.1 Å². The number of nitrogens with zero attached hydrogens (tertiary/aromatic N) is 1. The average molecular weight is 293 g/mol. The van der Waals surface area contributed by atoms with Crippen molar-refractivity contribution in [3.05, 3.63) is 45.7 Å². The first-order chi connectivity index (χ1) is 9.52. The van der Waals surface area contributed by atoms with Crippen LogP contribution in [0.4, 0.5) is 0 Å². The molecule has 6 heteroatoms. The standard InChI is InChI=1S/C14H16NO4P/c16-9-20(18,19)8-12-7-11-4-1-3-10-5-2-6-15(13(10)11)14(12)17/h1,3-4,7,16H,2,5-6,8-9H2,(H,18,19). The fraction of sp³-hybridized carbons (Fsp3) is 0.357. The second kappa shape index (κ2) is 4.85. The molecule has 1 unspecified atom stereocenters. The second-order valence-corrected chi connectivity index (χ2v) is 7.52. The summed E-state index contributed by atoms with van der Waals surface area (Å²) in [5.41, 5.74) is 2.17. The molecule has 1 aromatic carbocycles. The summed E-state index contributed by atoms with van der Waals surface area (Å²) in [4.78, 5) is 22.0. The molecule has 0 saturated carbocycles. The average Bonchev–Trinajstić information content (AvgIpc) is 2.44. The van der Waals surface area contributed by atoms with E-state index in [1.54, 1.807) is 10.6 Å². The summed E-state index contributed by atoms with van der Waals surface area (Å²) in [5, 5.41) is 9.83. The van der Waals surface area contributed by atoms with Gasteiger partial charge in [-0.25, -0.2) is 0 Å². The van der Waals surface area contributed by atoms with Gasteiger partial charge in [0.25, 0.3) is 5.56 Å². The van der Waals surface area contributed by atoms with Crippen LogP contribution in [0.1, 0.15) is 17.5 Å². The van der Waals surface area contributed by atoms with Crippen LogP contribution >= 0.6 is 7.37 Å². The van der Waals surface area contributed by atoms with Gasteiger partial charge >= 0.3 is 0 Å². The van der Waals surface area contributed by atoms with Crippen molar-refractivity contribution in [2.24, 2.45) is 0 Å². The summed E-state index contributed by atoms with van der Waals surface area (Å²) in [5.74, 6) is 0. The summed E-state index contributed by atoms with van der Waals surface area (Å²) in [6.07, 6.45) is 0.768. The van der Waals surface area contributed by atoms with Crippen molar-refractivity contribution in [2.45, 2.75) is 25.5 Å². The highest BCUT2D eigenvalue weighted by Crippen LogP contribution is 2.42. The van der Waals surface area contributed by atoms with Crippen molar-refractivity contribution in [1.82, 2.24) is 4.57 Å². The van der Waals surface area contributed by atoms with E-state index < -0.39 is 13.7 Å². The van der Waals surface area contributed by atoms with Gasteiger partial charge in [-0.3, -0.25) is 9.36 Å². The molecule has 3 rings (SSSR count). The van der Waals surface area contributed by atoms with E-state index in [2.05, 4.69) is 0 Å². The Hall–Kier alpha value is -1.42. The largest absolute Gasteiger partial charge is 0.386 e. The first-order valence-electron chi connectivity index (χ1n) is 6.58. The SMILES string of the molecule is O=c1c(CP(=O)(O)CO)cc2cccc3c2n1CCC3. The van der Waals surface area contributed by atoms with E-state index in [1.807, 2.05) is 18.2 Å². The molecule has 0 aliphatic carbocycles. The first-order valence-corrected chi connectivity index (χ1v) is 8.61. The summed E-state index contributed by atoms with van der Waals surface area (Å²) in [7, 11) is -3.68. The van der Waals surface area contributed by atoms with E-state index in [9.17, 15) is 14.3 Å². The second-order valence-electron chi connectivity index (χ2n) is 5.23. The molecule has 1 aliphatic heterocycles. The molecular formula is C14H16NO4P. The van der Waals surface area contributed by atoms with Gasteiger partial charge in [-0.15, -0.1) is 0 Å². The normalized spacial score (nSPS) is 17.1. The molecule has 1 atom stereocenters. The van der Waals surface area contributed by atoms with Gasteiger partial charge < -0.3 is 14.6 Å². The highest BCUT2D eigenvalue weighted by Gasteiger charge is 2.22. The maximum Gasteiger partial charge on any atom is 0.254 e. The summed E-state index contributed by atoms with van der Waals surface area (Å²) in [6.45, 7) is 0.634. The minimum Gasteiger partial charge on any atom is -0.386 e. The molecule has 0 radical (unpaired) electrons. The zero-order valence-corrected chi connectivity index (χ0v) is 11.8. The van der Waals surface area contributed by atoms with Gasteiger partial charge in [-0.05, 0) is 29.9 Å². The number of rotatable bonds is 3. The smallest absolute Gasteiger partial charge is 0.254 e. The third kappa shape index (κ3) is 2.22. The zero-order valence-electron chi connectivity index (χ0n) is 11.0. The van der Waals surface area contributed by atoms with Crippen LogP contribution in [-0.2, 0) is 23.7 Å². The lowest BCUT2D eigenvalue weighted by Crippen LogP contribution is -2.27. The molecule has 0 bridgehead atoms. The first kappa shape index (κ1) is 13.6. The van der Waals surface area contributed by atoms with Crippen LogP contribution in [0.3, 0.4) is 0 Å². The predicted octanol–water partition coefficient (Wildman–Crippen LogP) is 1.67. The topological polar surface area (TPSA) is 79.5 Å². The maximum absolute atomic E-state index is 12.4. The number of pyridine rings is 1. The number of hydrogen-bond donors (Lipinski definition) is 2. The molecular weight excluding hydrogens is 277 g/mol. The Kier molecular flexibility index (Phi) is 3.28. The van der Waals surface area contributed by atoms with Crippen molar-refractivity contribution in [1.29, 1.82) is 0 Å². The van der Waals surface area contributed by atoms with E-state index in [-0.39, 0.29) is 11.7 Å². The Balaban J connectivity index is 2.24. The minimum atomic E-state index is -3.68. The van der Waals surface area contributed by atoms with Gasteiger partial charge in [0.2, 0.25) is 7.37 Å². The number of para-hydroxylation sites is 1. The van der Waals surface area contributed by atoms with Gasteiger partial charge in [0.05, 0.1) is 11.7 Å². The van der Waals surface area contributed by atoms with Crippen LogP contribution in [-0.4, -0.2) is 20.9 Å². The number of hydrogen-bond acceptors (Lipinski definition) is 3. The molecule has 5 nitrogen and oxygen atoms in total. The van der Waals surface area contributed by atoms with Crippen LogP contribution in [0.25, 0.3) is 10.9 Å². The minimum absolute atomic E-state index is 0.215. The van der Waals surface area contributed by atoms with Crippen molar-refractivity contribution in [3.8, 4) is 0 Å². The molecule has 106 valence electrons. The molecule has 1 aromatic heterocycles. The van der Waals surface area contributed by atoms with Crippen LogP contribution in [0.2, 0.25) is 0 Å². The number of aliphatic hydroxyl groups excluding tert-OH is 1. The zero-order chi connectivity index (χ0) is 14.3. The van der Waals surface area contributed by atoms with Gasteiger partial charge in [-0.1, -0.05) is 18.2 Å². The Morgan fingerprint density at radius 2 is 2.15 bits per heavy atom. The van der Waals surface area contributed by atoms with E-state index in [0.717, 1.165) is 29.3 Å². The Bertz CT molecular complexity index is 781. The molecule has 2 heterocycles. The fourth-order valence-electron chi connectivity index (χ4n) is 2.85. The third-order valence-corrected chi connectivity index (χ3v) is 5.01. The lowest BCUT2D eigenvalue weighted by atomic mass is 10.0. The van der Waals surface area contributed by atoms with Crippen LogP contribution in [0.5, 0.6) is 0 Å². The molecule has 1 aliphatic rings. The third-order valence-electron chi connectivity index (χ3n) is 3.74. The molecule has 0 amide bonds. The quantitative estimate of drug-likeness (QED) is 0.844. The Labute approximate surface area is 115 Å². The van der Waals surface area contributed by atoms with E-state index in [1.165, 1.54) is 0 Å². The predicted molar refractivity (Wildman–Crippen MR) is 77.1 cm³/mol. The molecule has 2 aromatic rings. The summed E-state index contributed by atoms with van der Waals surface area (Å²) in [6, 6.07) is 7.54. The monoisotopic (exact) mass is 293 g/mol. The van der Waals surface area contributed by atoms with Crippen LogP contribution in [0, 0.1) is 0 Å². The molecule has 2 N–H and O–H groups in total. The van der Waals surface area contributed by atoms with Crippen molar-refractivity contribution in [3.63, 3.8) is 0 Å². The van der Waals surface area contributed by atoms with E-state index >= 15 is 0 Å². The Morgan fingerprint density at radius 3 is 2.90 bits per heavy atom. The molecule has 0 saturated heterocycles. The van der Waals surface area contributed by atoms with Gasteiger partial charge in [0.15, 0.2) is 0 Å². The highest BCUT2D eigenvalue weighted by molar-refractivity contribution is 7.56. The lowest BCUT2D eigenvalue weighted by molar-refractivity contribution is 0.332. The number of aromatic nitrogens is 1. The number of aliphatic hydroxyl groups is 1. The fourth-order valence-corrected chi connectivity index (χ4v) is 3.71. The van der Waals surface area contributed by atoms with Crippen molar-refractivity contribution < 1.29 is 14.6 Å². The summed E-state index contributed by atoms with van der Waals surface area (Å²) < 4.78 is 13.4. The van der Waals surface area contributed by atoms with Gasteiger partial charge in [0, 0.05) is 12.1 Å². The molecule has 0 fully saturated rings. The van der Waals surface area contributed by atoms with Crippen LogP contribution < -0.4 is 5.56 Å². The van der Waals surface area contributed by atoms with Crippen molar-refractivity contribution >= 4 is 18.3 Å². The molecule has 20 heavy (non-hydrogen) atoms. The molecule has 0 spiro atoms. The van der Waals surface area contributed by atoms with Gasteiger partial charge in [-0.2, -0.15) is 0 Å².